The van der Waals surface area contributed by atoms with Gasteiger partial charge in [-0.1, -0.05) is 12.1 Å². The van der Waals surface area contributed by atoms with Crippen molar-refractivity contribution in [2.75, 3.05) is 32.1 Å². The van der Waals surface area contributed by atoms with Crippen molar-refractivity contribution in [1.82, 2.24) is 19.0 Å². The Morgan fingerprint density at radius 3 is 2.61 bits per heavy atom. The predicted molar refractivity (Wildman–Crippen MR) is 127 cm³/mol. The standard InChI is InChI=1S/C26H26FN5O/c1-29(2)24-15-30(16-25(24)33)21-7-8-22-19(11-21)14-31-13-18(17-3-5-20(27)6-4-17)12-23(31)26-28-9-10-32(22)26/h3-13,24-25,33H,14-16H2,1-2H3/t24-,25-/m1/s1. The lowest BCUT2D eigenvalue weighted by Crippen LogP contribution is -2.38. The molecule has 1 N–H and O–H groups in total. The number of aliphatic hydroxyl groups excluding tert-OH is 1. The third-order valence-electron chi connectivity index (χ3n) is 6.89. The lowest BCUT2D eigenvalue weighted by atomic mass is 10.1. The van der Waals surface area contributed by atoms with Gasteiger partial charge < -0.3 is 19.5 Å². The summed E-state index contributed by atoms with van der Waals surface area (Å²) in [4.78, 5) is 9.00. The maximum absolute atomic E-state index is 13.4. The highest BCUT2D eigenvalue weighted by molar-refractivity contribution is 5.72. The monoisotopic (exact) mass is 443 g/mol. The molecule has 2 atom stereocenters. The molecule has 2 aliphatic rings. The molecule has 2 aliphatic heterocycles. The normalized spacial score (nSPS) is 19.4. The Balaban J connectivity index is 1.40. The predicted octanol–water partition coefficient (Wildman–Crippen LogP) is 3.62. The molecule has 168 valence electrons. The first-order chi connectivity index (χ1) is 16.0. The van der Waals surface area contributed by atoms with Crippen LogP contribution in [-0.2, 0) is 6.54 Å². The third kappa shape index (κ3) is 3.35. The van der Waals surface area contributed by atoms with Crippen molar-refractivity contribution < 1.29 is 9.50 Å². The number of fused-ring (bicyclic) bond motifs is 5. The average molecular weight is 444 g/mol. The summed E-state index contributed by atoms with van der Waals surface area (Å²) in [5.41, 5.74) is 6.46. The van der Waals surface area contributed by atoms with Crippen LogP contribution in [0.25, 0.3) is 28.3 Å². The molecular formula is C26H26FN5O. The van der Waals surface area contributed by atoms with E-state index < -0.39 is 0 Å². The van der Waals surface area contributed by atoms with E-state index in [4.69, 9.17) is 0 Å². The van der Waals surface area contributed by atoms with Crippen LogP contribution in [-0.4, -0.2) is 63.5 Å². The SMILES string of the molecule is CN(C)[C@@H]1CN(c2ccc3c(c2)Cn2cc(-c4ccc(F)cc4)cc2-c2nccn2-3)C[C@H]1O. The van der Waals surface area contributed by atoms with E-state index in [1.807, 2.05) is 38.6 Å². The van der Waals surface area contributed by atoms with Crippen molar-refractivity contribution in [1.29, 1.82) is 0 Å². The number of benzene rings is 2. The van der Waals surface area contributed by atoms with Gasteiger partial charge in [0.15, 0.2) is 5.82 Å². The van der Waals surface area contributed by atoms with Crippen molar-refractivity contribution in [3.63, 3.8) is 0 Å². The minimum atomic E-state index is -0.367. The van der Waals surface area contributed by atoms with Crippen molar-refractivity contribution in [2.24, 2.45) is 0 Å². The Morgan fingerprint density at radius 1 is 1.03 bits per heavy atom. The summed E-state index contributed by atoms with van der Waals surface area (Å²) in [6.07, 6.45) is 5.57. The van der Waals surface area contributed by atoms with Gasteiger partial charge in [-0.25, -0.2) is 9.37 Å². The van der Waals surface area contributed by atoms with Crippen LogP contribution in [0.1, 0.15) is 5.56 Å². The van der Waals surface area contributed by atoms with Gasteiger partial charge in [0.05, 0.1) is 23.5 Å². The van der Waals surface area contributed by atoms with Gasteiger partial charge in [-0.2, -0.15) is 0 Å². The van der Waals surface area contributed by atoms with Crippen LogP contribution in [0.2, 0.25) is 0 Å². The van der Waals surface area contributed by atoms with Crippen molar-refractivity contribution in [2.45, 2.75) is 18.7 Å². The third-order valence-corrected chi connectivity index (χ3v) is 6.89. The number of anilines is 1. The van der Waals surface area contributed by atoms with E-state index >= 15 is 0 Å². The van der Waals surface area contributed by atoms with Gasteiger partial charge in [0.2, 0.25) is 0 Å². The number of aliphatic hydroxyl groups is 1. The molecule has 2 aromatic heterocycles. The number of hydrogen-bond acceptors (Lipinski definition) is 4. The zero-order valence-electron chi connectivity index (χ0n) is 18.7. The lowest BCUT2D eigenvalue weighted by molar-refractivity contribution is 0.114. The van der Waals surface area contributed by atoms with Gasteiger partial charge >= 0.3 is 0 Å². The first kappa shape index (κ1) is 20.2. The van der Waals surface area contributed by atoms with E-state index in [0.717, 1.165) is 40.6 Å². The highest BCUT2D eigenvalue weighted by Crippen LogP contribution is 2.35. The highest BCUT2D eigenvalue weighted by Gasteiger charge is 2.33. The van der Waals surface area contributed by atoms with E-state index in [1.54, 1.807) is 0 Å². The molecule has 0 amide bonds. The van der Waals surface area contributed by atoms with Crippen molar-refractivity contribution in [3.8, 4) is 28.3 Å². The number of likely N-dealkylation sites (N-methyl/N-ethyl adjacent to an activating group) is 1. The fraction of sp³-hybridized carbons (Fsp3) is 0.269. The zero-order chi connectivity index (χ0) is 22.7. The van der Waals surface area contributed by atoms with Gasteiger partial charge in [0.25, 0.3) is 0 Å². The van der Waals surface area contributed by atoms with E-state index in [9.17, 15) is 9.50 Å². The second-order valence-electron chi connectivity index (χ2n) is 9.19. The molecule has 0 spiro atoms. The average Bonchev–Trinajstić information content (AvgIpc) is 3.51. The Bertz CT molecular complexity index is 1320. The summed E-state index contributed by atoms with van der Waals surface area (Å²) in [5.74, 6) is 0.652. The van der Waals surface area contributed by atoms with Crippen LogP contribution in [0.15, 0.2) is 67.1 Å². The summed E-state index contributed by atoms with van der Waals surface area (Å²) in [6, 6.07) is 15.4. The van der Waals surface area contributed by atoms with Crippen LogP contribution >= 0.6 is 0 Å². The first-order valence-corrected chi connectivity index (χ1v) is 11.2. The smallest absolute Gasteiger partial charge is 0.161 e. The summed E-state index contributed by atoms with van der Waals surface area (Å²) in [6.45, 7) is 2.13. The molecule has 2 aromatic carbocycles. The molecule has 7 heteroatoms. The molecule has 0 saturated carbocycles. The lowest BCUT2D eigenvalue weighted by Gasteiger charge is -2.23. The number of hydrogen-bond donors (Lipinski definition) is 1. The fourth-order valence-electron chi connectivity index (χ4n) is 5.12. The molecule has 1 fully saturated rings. The Labute approximate surface area is 192 Å². The van der Waals surface area contributed by atoms with Gasteiger partial charge in [-0.15, -0.1) is 0 Å². The van der Waals surface area contributed by atoms with Gasteiger partial charge in [0.1, 0.15) is 5.82 Å². The molecule has 1 saturated heterocycles. The molecule has 0 aliphatic carbocycles. The topological polar surface area (TPSA) is 49.5 Å². The molecule has 4 aromatic rings. The van der Waals surface area contributed by atoms with Gasteiger partial charge in [0, 0.05) is 49.5 Å². The van der Waals surface area contributed by atoms with Crippen LogP contribution in [0.4, 0.5) is 10.1 Å². The summed E-state index contributed by atoms with van der Waals surface area (Å²) >= 11 is 0. The number of β-amino-alcohol motifs (C(OH)–C–C–N with tert-alkyl or cyclic N) is 1. The number of aromatic nitrogens is 3. The fourth-order valence-corrected chi connectivity index (χ4v) is 5.12. The number of nitrogens with zero attached hydrogens (tertiary/aromatic N) is 5. The van der Waals surface area contributed by atoms with E-state index in [0.29, 0.717) is 13.1 Å². The van der Waals surface area contributed by atoms with E-state index in [2.05, 4.69) is 54.4 Å². The van der Waals surface area contributed by atoms with E-state index in [-0.39, 0.29) is 18.0 Å². The maximum atomic E-state index is 13.4. The zero-order valence-corrected chi connectivity index (χ0v) is 18.7. The number of rotatable bonds is 3. The van der Waals surface area contributed by atoms with E-state index in [1.165, 1.54) is 17.7 Å². The van der Waals surface area contributed by atoms with Crippen molar-refractivity contribution in [3.05, 3.63) is 78.5 Å². The first-order valence-electron chi connectivity index (χ1n) is 11.2. The Kier molecular flexibility index (Phi) is 4.64. The van der Waals surface area contributed by atoms with Crippen LogP contribution in [0.3, 0.4) is 0 Å². The van der Waals surface area contributed by atoms with Crippen LogP contribution in [0, 0.1) is 5.82 Å². The van der Waals surface area contributed by atoms with Gasteiger partial charge in [-0.05, 0) is 61.6 Å². The number of imidazole rings is 1. The summed E-state index contributed by atoms with van der Waals surface area (Å²) in [5, 5.41) is 10.5. The van der Waals surface area contributed by atoms with Crippen LogP contribution in [0.5, 0.6) is 0 Å². The highest BCUT2D eigenvalue weighted by atomic mass is 19.1. The van der Waals surface area contributed by atoms with Gasteiger partial charge in [-0.3, -0.25) is 4.57 Å². The molecular weight excluding hydrogens is 417 g/mol. The maximum Gasteiger partial charge on any atom is 0.161 e. The molecule has 6 nitrogen and oxygen atoms in total. The second kappa shape index (κ2) is 7.57. The Morgan fingerprint density at radius 2 is 1.85 bits per heavy atom. The molecule has 6 rings (SSSR count). The Hall–Kier alpha value is -3.42. The minimum Gasteiger partial charge on any atom is -0.390 e. The second-order valence-corrected chi connectivity index (χ2v) is 9.19. The largest absolute Gasteiger partial charge is 0.390 e. The van der Waals surface area contributed by atoms with Crippen LogP contribution < -0.4 is 4.90 Å². The summed E-state index contributed by atoms with van der Waals surface area (Å²) < 4.78 is 17.8. The molecule has 0 radical (unpaired) electrons. The molecule has 33 heavy (non-hydrogen) atoms. The minimum absolute atomic E-state index is 0.124. The molecule has 4 heterocycles. The number of halogens is 1. The van der Waals surface area contributed by atoms with Crippen molar-refractivity contribution >= 4 is 5.69 Å². The quantitative estimate of drug-likeness (QED) is 0.463. The molecule has 0 unspecified atom stereocenters. The summed E-state index contributed by atoms with van der Waals surface area (Å²) in [7, 11) is 4.03. The molecule has 0 bridgehead atoms.